The van der Waals surface area contributed by atoms with E-state index in [0.717, 1.165) is 18.4 Å². The standard InChI is InChI=1S/C16H22N4O2/c1-11-4-7-17-14(10-11)19-15(21)12-5-8-20(9-6-12)16(22)18-13-2-3-13/h4,7,10,12-13H,2-3,5-6,8-9H2,1H3,(H,18,22)(H,17,19,21). The van der Waals surface area contributed by atoms with Crippen LogP contribution in [0.3, 0.4) is 0 Å². The second-order valence-electron chi connectivity index (χ2n) is 6.19. The summed E-state index contributed by atoms with van der Waals surface area (Å²) in [6, 6.07) is 4.14. The molecule has 1 aromatic rings. The Kier molecular flexibility index (Phi) is 4.27. The van der Waals surface area contributed by atoms with Crippen molar-refractivity contribution in [3.8, 4) is 0 Å². The lowest BCUT2D eigenvalue weighted by Crippen LogP contribution is -2.46. The molecule has 2 fully saturated rings. The first-order valence-corrected chi connectivity index (χ1v) is 7.91. The molecule has 1 saturated heterocycles. The summed E-state index contributed by atoms with van der Waals surface area (Å²) in [5.41, 5.74) is 1.07. The highest BCUT2D eigenvalue weighted by molar-refractivity contribution is 5.92. The molecule has 0 atom stereocenters. The minimum absolute atomic E-state index is 0.000325. The Bertz CT molecular complexity index is 563. The molecule has 6 heteroatoms. The van der Waals surface area contributed by atoms with Crippen LogP contribution in [-0.4, -0.2) is 41.0 Å². The van der Waals surface area contributed by atoms with Gasteiger partial charge in [-0.1, -0.05) is 0 Å². The number of hydrogen-bond acceptors (Lipinski definition) is 3. The van der Waals surface area contributed by atoms with E-state index < -0.39 is 0 Å². The Morgan fingerprint density at radius 3 is 2.59 bits per heavy atom. The van der Waals surface area contributed by atoms with Crippen LogP contribution in [0.25, 0.3) is 0 Å². The number of likely N-dealkylation sites (tertiary alicyclic amines) is 1. The number of hydrogen-bond donors (Lipinski definition) is 2. The number of amides is 3. The molecule has 0 unspecified atom stereocenters. The Hall–Kier alpha value is -2.11. The maximum Gasteiger partial charge on any atom is 0.317 e. The number of aromatic nitrogens is 1. The fourth-order valence-electron chi connectivity index (χ4n) is 2.67. The third kappa shape index (κ3) is 3.75. The Morgan fingerprint density at radius 2 is 1.95 bits per heavy atom. The van der Waals surface area contributed by atoms with Crippen molar-refractivity contribution in [1.29, 1.82) is 0 Å². The van der Waals surface area contributed by atoms with Gasteiger partial charge in [0.25, 0.3) is 0 Å². The largest absolute Gasteiger partial charge is 0.335 e. The maximum atomic E-state index is 12.3. The molecule has 22 heavy (non-hydrogen) atoms. The number of pyridine rings is 1. The van der Waals surface area contributed by atoms with Crippen molar-refractivity contribution in [1.82, 2.24) is 15.2 Å². The van der Waals surface area contributed by atoms with E-state index in [9.17, 15) is 9.59 Å². The lowest BCUT2D eigenvalue weighted by atomic mass is 9.96. The second-order valence-corrected chi connectivity index (χ2v) is 6.19. The van der Waals surface area contributed by atoms with Crippen LogP contribution < -0.4 is 10.6 Å². The molecule has 0 radical (unpaired) electrons. The number of aryl methyl sites for hydroxylation is 1. The molecule has 118 valence electrons. The number of rotatable bonds is 3. The van der Waals surface area contributed by atoms with Crippen LogP contribution in [0, 0.1) is 12.8 Å². The highest BCUT2D eigenvalue weighted by atomic mass is 16.2. The van der Waals surface area contributed by atoms with Gasteiger partial charge in [0.05, 0.1) is 0 Å². The number of urea groups is 1. The molecule has 2 N–H and O–H groups in total. The second kappa shape index (κ2) is 6.34. The van der Waals surface area contributed by atoms with Gasteiger partial charge in [-0.05, 0) is 50.3 Å². The zero-order valence-corrected chi connectivity index (χ0v) is 12.8. The number of carbonyl (C=O) groups is 2. The maximum absolute atomic E-state index is 12.3. The molecule has 1 aromatic heterocycles. The van der Waals surface area contributed by atoms with Crippen molar-refractivity contribution >= 4 is 17.8 Å². The first-order valence-electron chi connectivity index (χ1n) is 7.91. The minimum Gasteiger partial charge on any atom is -0.335 e. The molecule has 1 aliphatic heterocycles. The predicted molar refractivity (Wildman–Crippen MR) is 83.5 cm³/mol. The van der Waals surface area contributed by atoms with Crippen LogP contribution in [-0.2, 0) is 4.79 Å². The van der Waals surface area contributed by atoms with Gasteiger partial charge in [-0.3, -0.25) is 4.79 Å². The van der Waals surface area contributed by atoms with E-state index in [1.165, 1.54) is 0 Å². The van der Waals surface area contributed by atoms with Crippen LogP contribution in [0.1, 0.15) is 31.2 Å². The summed E-state index contributed by atoms with van der Waals surface area (Å²) >= 11 is 0. The van der Waals surface area contributed by atoms with Crippen molar-refractivity contribution in [2.45, 2.75) is 38.6 Å². The Morgan fingerprint density at radius 1 is 1.23 bits per heavy atom. The molecule has 0 bridgehead atoms. The lowest BCUT2D eigenvalue weighted by Gasteiger charge is -2.31. The summed E-state index contributed by atoms with van der Waals surface area (Å²) in [6.07, 6.45) is 5.28. The van der Waals surface area contributed by atoms with E-state index in [2.05, 4.69) is 15.6 Å². The van der Waals surface area contributed by atoms with E-state index in [1.54, 1.807) is 6.20 Å². The Labute approximate surface area is 130 Å². The van der Waals surface area contributed by atoms with Gasteiger partial charge in [-0.15, -0.1) is 0 Å². The van der Waals surface area contributed by atoms with E-state index >= 15 is 0 Å². The summed E-state index contributed by atoms with van der Waals surface area (Å²) < 4.78 is 0. The highest BCUT2D eigenvalue weighted by Crippen LogP contribution is 2.22. The van der Waals surface area contributed by atoms with E-state index in [-0.39, 0.29) is 17.9 Å². The van der Waals surface area contributed by atoms with E-state index in [4.69, 9.17) is 0 Å². The zero-order chi connectivity index (χ0) is 15.5. The zero-order valence-electron chi connectivity index (χ0n) is 12.8. The summed E-state index contributed by atoms with van der Waals surface area (Å²) in [6.45, 7) is 3.24. The van der Waals surface area contributed by atoms with Crippen molar-refractivity contribution in [2.24, 2.45) is 5.92 Å². The van der Waals surface area contributed by atoms with Crippen LogP contribution in [0.5, 0.6) is 0 Å². The van der Waals surface area contributed by atoms with Crippen molar-refractivity contribution in [3.05, 3.63) is 23.9 Å². The van der Waals surface area contributed by atoms with Gasteiger partial charge in [-0.25, -0.2) is 9.78 Å². The third-order valence-electron chi connectivity index (χ3n) is 4.22. The summed E-state index contributed by atoms with van der Waals surface area (Å²) in [4.78, 5) is 30.2. The van der Waals surface area contributed by atoms with Crippen molar-refractivity contribution < 1.29 is 9.59 Å². The summed E-state index contributed by atoms with van der Waals surface area (Å²) in [7, 11) is 0. The SMILES string of the molecule is Cc1ccnc(NC(=O)C2CCN(C(=O)NC3CC3)CC2)c1. The van der Waals surface area contributed by atoms with Gasteiger partial charge in [0.2, 0.25) is 5.91 Å². The van der Waals surface area contributed by atoms with Gasteiger partial charge < -0.3 is 15.5 Å². The summed E-state index contributed by atoms with van der Waals surface area (Å²) in [5.74, 6) is 0.548. The number of piperidine rings is 1. The average molecular weight is 302 g/mol. The van der Waals surface area contributed by atoms with E-state index in [0.29, 0.717) is 37.8 Å². The normalized spacial score (nSPS) is 18.9. The molecular weight excluding hydrogens is 280 g/mol. The van der Waals surface area contributed by atoms with Crippen molar-refractivity contribution in [3.63, 3.8) is 0 Å². The fraction of sp³-hybridized carbons (Fsp3) is 0.562. The van der Waals surface area contributed by atoms with Crippen LogP contribution in [0.15, 0.2) is 18.3 Å². The summed E-state index contributed by atoms with van der Waals surface area (Å²) in [5, 5.41) is 5.86. The van der Waals surface area contributed by atoms with Gasteiger partial charge in [0.1, 0.15) is 5.82 Å². The number of anilines is 1. The molecule has 0 spiro atoms. The number of carbonyl (C=O) groups excluding carboxylic acids is 2. The molecule has 3 amide bonds. The van der Waals surface area contributed by atoms with Crippen molar-refractivity contribution in [2.75, 3.05) is 18.4 Å². The predicted octanol–water partition coefficient (Wildman–Crippen LogP) is 1.91. The third-order valence-corrected chi connectivity index (χ3v) is 4.22. The quantitative estimate of drug-likeness (QED) is 0.895. The van der Waals surface area contributed by atoms with Gasteiger partial charge >= 0.3 is 6.03 Å². The van der Waals surface area contributed by atoms with Crippen LogP contribution in [0.4, 0.5) is 10.6 Å². The highest BCUT2D eigenvalue weighted by Gasteiger charge is 2.30. The van der Waals surface area contributed by atoms with Crippen LogP contribution in [0.2, 0.25) is 0 Å². The topological polar surface area (TPSA) is 74.3 Å². The first kappa shape index (κ1) is 14.8. The fourth-order valence-corrected chi connectivity index (χ4v) is 2.67. The number of nitrogens with one attached hydrogen (secondary N) is 2. The smallest absolute Gasteiger partial charge is 0.317 e. The van der Waals surface area contributed by atoms with Crippen LogP contribution >= 0.6 is 0 Å². The lowest BCUT2D eigenvalue weighted by molar-refractivity contribution is -0.121. The Balaban J connectivity index is 1.48. The molecule has 6 nitrogen and oxygen atoms in total. The first-order chi connectivity index (χ1) is 10.6. The average Bonchev–Trinajstić information content (AvgIpc) is 3.31. The number of nitrogens with zero attached hydrogens (tertiary/aromatic N) is 2. The minimum atomic E-state index is -0.0488. The van der Waals surface area contributed by atoms with E-state index in [1.807, 2.05) is 24.0 Å². The molecular formula is C16H22N4O2. The van der Waals surface area contributed by atoms with Gasteiger partial charge in [0, 0.05) is 31.2 Å². The molecule has 3 rings (SSSR count). The van der Waals surface area contributed by atoms with Gasteiger partial charge in [-0.2, -0.15) is 0 Å². The molecule has 2 aliphatic rings. The molecule has 0 aromatic carbocycles. The monoisotopic (exact) mass is 302 g/mol. The van der Waals surface area contributed by atoms with Gasteiger partial charge in [0.15, 0.2) is 0 Å². The molecule has 1 saturated carbocycles. The molecule has 2 heterocycles. The molecule has 1 aliphatic carbocycles.